The van der Waals surface area contributed by atoms with Gasteiger partial charge in [0.25, 0.3) is 0 Å². The van der Waals surface area contributed by atoms with E-state index in [0.717, 1.165) is 30.7 Å². The quantitative estimate of drug-likeness (QED) is 0.585. The van der Waals surface area contributed by atoms with Crippen LogP contribution in [0.1, 0.15) is 48.7 Å². The number of ether oxygens (including phenoxy) is 1. The molecule has 1 aromatic carbocycles. The predicted molar refractivity (Wildman–Crippen MR) is 83.4 cm³/mol. The van der Waals surface area contributed by atoms with Crippen molar-refractivity contribution >= 4 is 5.78 Å². The number of nitrogens with one attached hydrogen (secondary N) is 1. The molecule has 0 heterocycles. The number of rotatable bonds is 8. The molecule has 112 valence electrons. The van der Waals surface area contributed by atoms with Crippen molar-refractivity contribution in [1.29, 1.82) is 0 Å². The molecule has 0 saturated carbocycles. The van der Waals surface area contributed by atoms with Gasteiger partial charge in [-0.05, 0) is 53.1 Å². The summed E-state index contributed by atoms with van der Waals surface area (Å²) in [6.45, 7) is 11.5. The average Bonchev–Trinajstić information content (AvgIpc) is 2.37. The summed E-state index contributed by atoms with van der Waals surface area (Å²) in [6, 6.07) is 5.81. The average molecular weight is 277 g/mol. The second-order valence-electron chi connectivity index (χ2n) is 5.63. The molecule has 0 fully saturated rings. The van der Waals surface area contributed by atoms with Crippen molar-refractivity contribution in [3.63, 3.8) is 0 Å². The van der Waals surface area contributed by atoms with Crippen LogP contribution in [0.15, 0.2) is 18.2 Å². The molecule has 3 heteroatoms. The standard InChI is InChI=1S/C17H27NO2/c1-12(2)20-10-6-9-18-15(5)17(19)16-8-7-13(3)11-14(16)4/h7-8,11-12,15,18H,6,9-10H2,1-5H3. The van der Waals surface area contributed by atoms with Crippen LogP contribution in [0.3, 0.4) is 0 Å². The number of hydrogen-bond donors (Lipinski definition) is 1. The SMILES string of the molecule is Cc1ccc(C(=O)C(C)NCCCOC(C)C)c(C)c1. The molecule has 1 aromatic rings. The third-order valence-electron chi connectivity index (χ3n) is 3.26. The summed E-state index contributed by atoms with van der Waals surface area (Å²) in [4.78, 5) is 12.4. The molecule has 1 N–H and O–H groups in total. The first-order chi connectivity index (χ1) is 9.41. The fraction of sp³-hybridized carbons (Fsp3) is 0.588. The molecule has 0 radical (unpaired) electrons. The van der Waals surface area contributed by atoms with E-state index < -0.39 is 0 Å². The molecule has 0 aliphatic rings. The van der Waals surface area contributed by atoms with Gasteiger partial charge in [0.1, 0.15) is 0 Å². The molecule has 1 unspecified atom stereocenters. The lowest BCUT2D eigenvalue weighted by molar-refractivity contribution is 0.0759. The summed E-state index contributed by atoms with van der Waals surface area (Å²) in [5.41, 5.74) is 3.05. The van der Waals surface area contributed by atoms with E-state index >= 15 is 0 Å². The number of carbonyl (C=O) groups is 1. The monoisotopic (exact) mass is 277 g/mol. The van der Waals surface area contributed by atoms with Gasteiger partial charge in [-0.25, -0.2) is 0 Å². The van der Waals surface area contributed by atoms with Crippen LogP contribution in [-0.2, 0) is 4.74 Å². The number of hydrogen-bond acceptors (Lipinski definition) is 3. The molecular weight excluding hydrogens is 250 g/mol. The van der Waals surface area contributed by atoms with Gasteiger partial charge in [-0.2, -0.15) is 0 Å². The lowest BCUT2D eigenvalue weighted by Gasteiger charge is -2.15. The second-order valence-corrected chi connectivity index (χ2v) is 5.63. The Balaban J connectivity index is 2.43. The van der Waals surface area contributed by atoms with Crippen LogP contribution in [-0.4, -0.2) is 31.1 Å². The van der Waals surface area contributed by atoms with Gasteiger partial charge in [-0.3, -0.25) is 4.79 Å². The van der Waals surface area contributed by atoms with Gasteiger partial charge in [-0.1, -0.05) is 23.8 Å². The third kappa shape index (κ3) is 5.43. The lowest BCUT2D eigenvalue weighted by Crippen LogP contribution is -2.35. The smallest absolute Gasteiger partial charge is 0.179 e. The van der Waals surface area contributed by atoms with Crippen molar-refractivity contribution in [2.45, 2.75) is 53.2 Å². The Bertz CT molecular complexity index is 441. The molecule has 0 bridgehead atoms. The molecule has 1 rings (SSSR count). The van der Waals surface area contributed by atoms with Crippen LogP contribution in [0, 0.1) is 13.8 Å². The van der Waals surface area contributed by atoms with Crippen LogP contribution in [0.5, 0.6) is 0 Å². The van der Waals surface area contributed by atoms with Gasteiger partial charge < -0.3 is 10.1 Å². The minimum atomic E-state index is -0.157. The highest BCUT2D eigenvalue weighted by atomic mass is 16.5. The Labute approximate surface area is 122 Å². The van der Waals surface area contributed by atoms with E-state index in [1.54, 1.807) is 0 Å². The minimum absolute atomic E-state index is 0.157. The van der Waals surface area contributed by atoms with Crippen molar-refractivity contribution in [2.75, 3.05) is 13.2 Å². The third-order valence-corrected chi connectivity index (χ3v) is 3.26. The van der Waals surface area contributed by atoms with Crippen molar-refractivity contribution < 1.29 is 9.53 Å². The van der Waals surface area contributed by atoms with Gasteiger partial charge in [0.15, 0.2) is 5.78 Å². The second kappa shape index (κ2) is 8.18. The van der Waals surface area contributed by atoms with E-state index in [2.05, 4.69) is 11.4 Å². The van der Waals surface area contributed by atoms with E-state index in [1.807, 2.05) is 46.8 Å². The van der Waals surface area contributed by atoms with Crippen LogP contribution < -0.4 is 5.32 Å². The van der Waals surface area contributed by atoms with Crippen molar-refractivity contribution in [3.8, 4) is 0 Å². The van der Waals surface area contributed by atoms with Crippen molar-refractivity contribution in [3.05, 3.63) is 34.9 Å². The summed E-state index contributed by atoms with van der Waals surface area (Å²) >= 11 is 0. The van der Waals surface area contributed by atoms with Crippen LogP contribution in [0.4, 0.5) is 0 Å². The molecule has 0 aromatic heterocycles. The zero-order valence-corrected chi connectivity index (χ0v) is 13.3. The van der Waals surface area contributed by atoms with Gasteiger partial charge in [0, 0.05) is 12.2 Å². The highest BCUT2D eigenvalue weighted by Gasteiger charge is 2.16. The number of aryl methyl sites for hydroxylation is 2. The summed E-state index contributed by atoms with van der Waals surface area (Å²) in [7, 11) is 0. The Kier molecular flexibility index (Phi) is 6.89. The van der Waals surface area contributed by atoms with E-state index in [1.165, 1.54) is 5.56 Å². The van der Waals surface area contributed by atoms with Crippen LogP contribution in [0.25, 0.3) is 0 Å². The van der Waals surface area contributed by atoms with Gasteiger partial charge in [0.2, 0.25) is 0 Å². The number of ketones is 1. The Morgan fingerprint density at radius 1 is 1.25 bits per heavy atom. The molecule has 1 atom stereocenters. The molecule has 3 nitrogen and oxygen atoms in total. The van der Waals surface area contributed by atoms with Crippen molar-refractivity contribution in [2.24, 2.45) is 0 Å². The molecule has 20 heavy (non-hydrogen) atoms. The fourth-order valence-corrected chi connectivity index (χ4v) is 2.13. The van der Waals surface area contributed by atoms with Gasteiger partial charge in [0.05, 0.1) is 12.1 Å². The predicted octanol–water partition coefficient (Wildman–Crippen LogP) is 3.28. The molecule has 0 aliphatic heterocycles. The van der Waals surface area contributed by atoms with Gasteiger partial charge in [-0.15, -0.1) is 0 Å². The molecule has 0 amide bonds. The highest BCUT2D eigenvalue weighted by molar-refractivity contribution is 6.01. The molecule has 0 spiro atoms. The maximum Gasteiger partial charge on any atom is 0.179 e. The maximum absolute atomic E-state index is 12.4. The fourth-order valence-electron chi connectivity index (χ4n) is 2.13. The Morgan fingerprint density at radius 3 is 2.55 bits per heavy atom. The first-order valence-corrected chi connectivity index (χ1v) is 7.38. The summed E-state index contributed by atoms with van der Waals surface area (Å²) in [5, 5.41) is 3.27. The molecular formula is C17H27NO2. The number of carbonyl (C=O) groups excluding carboxylic acids is 1. The molecule has 0 saturated heterocycles. The minimum Gasteiger partial charge on any atom is -0.379 e. The molecule has 0 aliphatic carbocycles. The summed E-state index contributed by atoms with van der Waals surface area (Å²) < 4.78 is 5.48. The zero-order chi connectivity index (χ0) is 15.1. The van der Waals surface area contributed by atoms with Gasteiger partial charge >= 0.3 is 0 Å². The Morgan fingerprint density at radius 2 is 1.95 bits per heavy atom. The van der Waals surface area contributed by atoms with E-state index in [0.29, 0.717) is 0 Å². The normalized spacial score (nSPS) is 12.7. The van der Waals surface area contributed by atoms with E-state index in [4.69, 9.17) is 4.74 Å². The maximum atomic E-state index is 12.4. The Hall–Kier alpha value is -1.19. The van der Waals surface area contributed by atoms with Crippen molar-refractivity contribution in [1.82, 2.24) is 5.32 Å². The lowest BCUT2D eigenvalue weighted by atomic mass is 9.98. The van der Waals surface area contributed by atoms with Crippen LogP contribution in [0.2, 0.25) is 0 Å². The first kappa shape index (κ1) is 16.9. The highest BCUT2D eigenvalue weighted by Crippen LogP contribution is 2.12. The van der Waals surface area contributed by atoms with E-state index in [-0.39, 0.29) is 17.9 Å². The zero-order valence-electron chi connectivity index (χ0n) is 13.3. The summed E-state index contributed by atoms with van der Waals surface area (Å²) in [6.07, 6.45) is 1.19. The first-order valence-electron chi connectivity index (χ1n) is 7.38. The van der Waals surface area contributed by atoms with E-state index in [9.17, 15) is 4.79 Å². The van der Waals surface area contributed by atoms with Crippen LogP contribution >= 0.6 is 0 Å². The number of Topliss-reactive ketones (excluding diaryl/α,β-unsaturated/α-hetero) is 1. The largest absolute Gasteiger partial charge is 0.379 e. The number of benzene rings is 1. The summed E-state index contributed by atoms with van der Waals surface area (Å²) in [5.74, 6) is 0.160. The topological polar surface area (TPSA) is 38.3 Å².